The number of rotatable bonds is 5. The average molecular weight is 754 g/mol. The number of benzene rings is 3. The molecular weight excluding hydrogens is 734 g/mol. The molecule has 2 fully saturated rings. The molecular formula is C32H20Cl4F4N6O3. The minimum atomic E-state index is -1.94. The van der Waals surface area contributed by atoms with Crippen molar-refractivity contribution in [1.82, 2.24) is 10.0 Å². The third-order valence-electron chi connectivity index (χ3n) is 8.80. The largest absolute Gasteiger partial charge is 0.271 e. The van der Waals surface area contributed by atoms with Gasteiger partial charge in [0.25, 0.3) is 17.7 Å². The van der Waals surface area contributed by atoms with Gasteiger partial charge >= 0.3 is 0 Å². The van der Waals surface area contributed by atoms with Crippen LogP contribution in [0.2, 0.25) is 20.1 Å². The van der Waals surface area contributed by atoms with Crippen molar-refractivity contribution in [3.63, 3.8) is 0 Å². The highest BCUT2D eigenvalue weighted by Gasteiger charge is 2.57. The van der Waals surface area contributed by atoms with Crippen LogP contribution in [0, 0.1) is 29.2 Å². The van der Waals surface area contributed by atoms with Crippen LogP contribution in [0.5, 0.6) is 0 Å². The van der Waals surface area contributed by atoms with Gasteiger partial charge in [-0.1, -0.05) is 63.8 Å². The van der Waals surface area contributed by atoms with Crippen LogP contribution in [-0.2, 0) is 14.4 Å². The number of imide groups is 1. The summed E-state index contributed by atoms with van der Waals surface area (Å²) in [7, 11) is 0. The molecule has 1 saturated carbocycles. The van der Waals surface area contributed by atoms with E-state index in [2.05, 4.69) is 10.3 Å². The van der Waals surface area contributed by atoms with E-state index in [4.69, 9.17) is 51.5 Å². The van der Waals surface area contributed by atoms with Crippen molar-refractivity contribution < 1.29 is 31.9 Å². The Morgan fingerprint density at radius 3 is 2.22 bits per heavy atom. The molecule has 0 radical (unpaired) electrons. The van der Waals surface area contributed by atoms with Crippen molar-refractivity contribution >= 4 is 81.6 Å². The monoisotopic (exact) mass is 752 g/mol. The molecule has 9 nitrogen and oxygen atoms in total. The van der Waals surface area contributed by atoms with E-state index in [0.717, 1.165) is 17.0 Å². The van der Waals surface area contributed by atoms with E-state index < -0.39 is 71.3 Å². The highest BCUT2D eigenvalue weighted by molar-refractivity contribution is 6.36. The summed E-state index contributed by atoms with van der Waals surface area (Å²) in [6.07, 6.45) is 3.88. The molecule has 4 atom stereocenters. The Morgan fingerprint density at radius 2 is 1.55 bits per heavy atom. The molecule has 0 N–H and O–H groups in total. The lowest BCUT2D eigenvalue weighted by Crippen LogP contribution is -2.45. The van der Waals surface area contributed by atoms with Crippen molar-refractivity contribution in [3.05, 3.63) is 103 Å². The lowest BCUT2D eigenvalue weighted by molar-refractivity contribution is -0.136. The number of hydrogen-bond donors (Lipinski definition) is 0. The zero-order valence-electron chi connectivity index (χ0n) is 24.7. The van der Waals surface area contributed by atoms with Gasteiger partial charge in [-0.2, -0.15) is 10.2 Å². The van der Waals surface area contributed by atoms with Gasteiger partial charge in [0.05, 0.1) is 11.8 Å². The molecule has 7 rings (SSSR count). The van der Waals surface area contributed by atoms with Crippen LogP contribution >= 0.6 is 46.4 Å². The van der Waals surface area contributed by atoms with E-state index in [0.29, 0.717) is 44.7 Å². The van der Waals surface area contributed by atoms with Gasteiger partial charge in [0, 0.05) is 32.1 Å². The molecule has 4 unspecified atom stereocenters. The lowest BCUT2D eigenvalue weighted by Gasteiger charge is -2.31. The first kappa shape index (κ1) is 33.5. The normalized spacial score (nSPS) is 23.9. The van der Waals surface area contributed by atoms with Gasteiger partial charge in [-0.15, -0.1) is 0 Å². The summed E-state index contributed by atoms with van der Waals surface area (Å²) in [6, 6.07) is 5.91. The molecule has 3 aromatic rings. The van der Waals surface area contributed by atoms with E-state index in [9.17, 15) is 31.9 Å². The Labute approximate surface area is 295 Å². The molecule has 0 spiro atoms. The maximum atomic E-state index is 14.6. The van der Waals surface area contributed by atoms with Crippen molar-refractivity contribution in [1.29, 1.82) is 0 Å². The summed E-state index contributed by atoms with van der Waals surface area (Å²) >= 11 is 25.4. The number of allylic oxidation sites excluding steroid dienone is 1. The van der Waals surface area contributed by atoms with Gasteiger partial charge in [0.2, 0.25) is 0 Å². The van der Waals surface area contributed by atoms with Crippen LogP contribution in [0.4, 0.5) is 23.2 Å². The van der Waals surface area contributed by atoms with Crippen LogP contribution < -0.4 is 4.90 Å². The SMILES string of the molecule is O=C1C2N=NN(CC(=O)N3N=C4/C(=C/c5ccc(Cl)cc5Cl)CCCC4C3c3ccc(Cl)cc3Cl)C2C(=O)N1c1c(F)c(F)cc(F)c1F. The summed E-state index contributed by atoms with van der Waals surface area (Å²) in [5.74, 6) is -11.1. The van der Waals surface area contributed by atoms with Gasteiger partial charge in [-0.3, -0.25) is 19.4 Å². The second-order valence-electron chi connectivity index (χ2n) is 11.7. The molecule has 3 heterocycles. The number of hydrazone groups is 1. The number of amides is 3. The Kier molecular flexibility index (Phi) is 8.66. The molecule has 0 aromatic heterocycles. The molecule has 1 saturated heterocycles. The number of nitrogens with zero attached hydrogens (tertiary/aromatic N) is 6. The van der Waals surface area contributed by atoms with Crippen LogP contribution in [0.25, 0.3) is 6.08 Å². The van der Waals surface area contributed by atoms with Gasteiger partial charge < -0.3 is 0 Å². The van der Waals surface area contributed by atoms with Crippen LogP contribution in [0.15, 0.2) is 63.5 Å². The molecule has 3 amide bonds. The Hall–Kier alpha value is -4.04. The van der Waals surface area contributed by atoms with Crippen LogP contribution in [-0.4, -0.2) is 52.1 Å². The van der Waals surface area contributed by atoms with Gasteiger partial charge in [-0.05, 0) is 66.3 Å². The van der Waals surface area contributed by atoms with Crippen LogP contribution in [0.3, 0.4) is 0 Å². The van der Waals surface area contributed by atoms with E-state index in [-0.39, 0.29) is 21.9 Å². The standard InChI is InChI=1S/C32H20Cl4F4N6O3/c33-15-5-4-13(19(35)9-15)8-14-2-1-3-18-26(14)42-46(28(18)17-7-6-16(34)10-20(17)36)23(47)12-44-30-27(41-43-44)31(48)45(32(30)49)29-24(39)21(37)11-22(38)25(29)40/h4-11,18,27-28,30H,1-3,12H2/b14-8+. The first-order valence-corrected chi connectivity index (χ1v) is 16.3. The zero-order valence-corrected chi connectivity index (χ0v) is 27.7. The molecule has 49 heavy (non-hydrogen) atoms. The van der Waals surface area contributed by atoms with Gasteiger partial charge in [-0.25, -0.2) is 27.5 Å². The number of carbonyl (C=O) groups excluding carboxylic acids is 3. The third kappa shape index (κ3) is 5.66. The Bertz CT molecular complexity index is 2040. The molecule has 17 heteroatoms. The maximum Gasteiger partial charge on any atom is 0.264 e. The predicted molar refractivity (Wildman–Crippen MR) is 173 cm³/mol. The molecule has 1 aliphatic carbocycles. The average Bonchev–Trinajstić information content (AvgIpc) is 3.72. The molecule has 0 bridgehead atoms. The number of anilines is 1. The number of carbonyl (C=O) groups is 3. The first-order valence-electron chi connectivity index (χ1n) is 14.8. The predicted octanol–water partition coefficient (Wildman–Crippen LogP) is 7.97. The van der Waals surface area contributed by atoms with Crippen LogP contribution in [0.1, 0.15) is 36.4 Å². The molecule has 252 valence electrons. The summed E-state index contributed by atoms with van der Waals surface area (Å²) in [5.41, 5.74) is 1.16. The minimum Gasteiger partial charge on any atom is -0.271 e. The Balaban J connectivity index is 1.22. The fourth-order valence-electron chi connectivity index (χ4n) is 6.61. The van der Waals surface area contributed by atoms with E-state index in [1.165, 1.54) is 11.1 Å². The second kappa shape index (κ2) is 12.7. The topological polar surface area (TPSA) is 98.0 Å². The highest BCUT2D eigenvalue weighted by atomic mass is 35.5. The highest BCUT2D eigenvalue weighted by Crippen LogP contribution is 2.47. The summed E-state index contributed by atoms with van der Waals surface area (Å²) in [4.78, 5) is 40.6. The summed E-state index contributed by atoms with van der Waals surface area (Å²) < 4.78 is 57.3. The van der Waals surface area contributed by atoms with E-state index >= 15 is 0 Å². The minimum absolute atomic E-state index is 0.0122. The van der Waals surface area contributed by atoms with Gasteiger partial charge in [0.15, 0.2) is 35.4 Å². The maximum absolute atomic E-state index is 14.6. The molecule has 3 aromatic carbocycles. The Morgan fingerprint density at radius 1 is 0.878 bits per heavy atom. The second-order valence-corrected chi connectivity index (χ2v) is 13.4. The number of hydrogen-bond acceptors (Lipinski definition) is 7. The van der Waals surface area contributed by atoms with Crippen molar-refractivity contribution in [2.24, 2.45) is 21.4 Å². The van der Waals surface area contributed by atoms with E-state index in [1.807, 2.05) is 6.08 Å². The smallest absolute Gasteiger partial charge is 0.264 e. The first-order chi connectivity index (χ1) is 23.3. The third-order valence-corrected chi connectivity index (χ3v) is 9.92. The molecule has 3 aliphatic heterocycles. The quantitative estimate of drug-likeness (QED) is 0.150. The van der Waals surface area contributed by atoms with E-state index in [1.54, 1.807) is 30.3 Å². The zero-order chi connectivity index (χ0) is 34.9. The van der Waals surface area contributed by atoms with Crippen molar-refractivity contribution in [2.45, 2.75) is 37.4 Å². The van der Waals surface area contributed by atoms with Crippen molar-refractivity contribution in [2.75, 3.05) is 11.4 Å². The summed E-state index contributed by atoms with van der Waals surface area (Å²) in [5, 5.41) is 16.0. The fourth-order valence-corrected chi connectivity index (χ4v) is 7.59. The fraction of sp³-hybridized carbons (Fsp3) is 0.250. The lowest BCUT2D eigenvalue weighted by atomic mass is 9.77. The molecule has 4 aliphatic rings. The number of halogens is 8. The summed E-state index contributed by atoms with van der Waals surface area (Å²) in [6.45, 7) is -0.659. The number of fused-ring (bicyclic) bond motifs is 2. The van der Waals surface area contributed by atoms with Crippen molar-refractivity contribution in [3.8, 4) is 0 Å². The van der Waals surface area contributed by atoms with Gasteiger partial charge in [0.1, 0.15) is 12.2 Å².